The van der Waals surface area contributed by atoms with Gasteiger partial charge in [-0.1, -0.05) is 11.6 Å². The Kier molecular flexibility index (Phi) is 5.91. The molecular formula is C20H14ClF3N6O3S. The second kappa shape index (κ2) is 8.57. The molecule has 4 aromatic rings. The van der Waals surface area contributed by atoms with Gasteiger partial charge in [-0.3, -0.25) is 18.9 Å². The average Bonchev–Trinajstić information content (AvgIpc) is 3.23. The molecule has 14 heteroatoms. The fraction of sp³-hybridized carbons (Fsp3) is 0.100. The second-order valence-electron chi connectivity index (χ2n) is 6.95. The van der Waals surface area contributed by atoms with Crippen LogP contribution in [0.1, 0.15) is 16.2 Å². The third-order valence-corrected chi connectivity index (χ3v) is 6.53. The topological polar surface area (TPSA) is 118 Å². The fourth-order valence-corrected chi connectivity index (χ4v) is 4.70. The molecular weight excluding hydrogens is 497 g/mol. The van der Waals surface area contributed by atoms with Crippen molar-refractivity contribution in [1.82, 2.24) is 24.7 Å². The number of benzene rings is 1. The third kappa shape index (κ3) is 3.92. The normalized spacial score (nSPS) is 11.6. The molecule has 3 heterocycles. The number of nitrogens with zero attached hydrogens (tertiary/aromatic N) is 4. The van der Waals surface area contributed by atoms with E-state index in [0.29, 0.717) is 0 Å². The summed E-state index contributed by atoms with van der Waals surface area (Å²) in [5.74, 6) is -4.43. The van der Waals surface area contributed by atoms with E-state index in [9.17, 15) is 17.6 Å². The Morgan fingerprint density at radius 1 is 1.12 bits per heavy atom. The Morgan fingerprint density at radius 2 is 1.85 bits per heavy atom. The van der Waals surface area contributed by atoms with Crippen molar-refractivity contribution in [2.24, 2.45) is 0 Å². The molecule has 4 rings (SSSR count). The van der Waals surface area contributed by atoms with Gasteiger partial charge in [-0.2, -0.15) is 4.39 Å². The molecule has 0 aliphatic carbocycles. The number of carbonyl (C=O) groups excluding carboxylic acids is 1. The number of anilines is 1. The van der Waals surface area contributed by atoms with E-state index in [1.54, 1.807) is 0 Å². The van der Waals surface area contributed by atoms with Crippen LogP contribution in [-0.4, -0.2) is 40.7 Å². The summed E-state index contributed by atoms with van der Waals surface area (Å²) in [6.45, 7) is 1.41. The van der Waals surface area contributed by atoms with Crippen molar-refractivity contribution >= 4 is 38.7 Å². The summed E-state index contributed by atoms with van der Waals surface area (Å²) in [5.41, 5.74) is -2.44. The van der Waals surface area contributed by atoms with E-state index in [-0.39, 0.29) is 26.8 Å². The van der Waals surface area contributed by atoms with Crippen LogP contribution < -0.4 is 10.0 Å². The van der Waals surface area contributed by atoms with Crippen molar-refractivity contribution in [1.29, 1.82) is 0 Å². The van der Waals surface area contributed by atoms with Crippen molar-refractivity contribution in [3.8, 4) is 11.3 Å². The number of aryl methyl sites for hydroxylation is 1. The lowest BCUT2D eigenvalue weighted by Gasteiger charge is -2.14. The smallest absolute Gasteiger partial charge is 0.271 e. The van der Waals surface area contributed by atoms with Gasteiger partial charge in [0.15, 0.2) is 11.5 Å². The number of aromatic nitrogens is 4. The molecule has 1 amide bonds. The number of hydrogen-bond donors (Lipinski definition) is 2. The van der Waals surface area contributed by atoms with Crippen LogP contribution in [0.2, 0.25) is 5.02 Å². The Bertz CT molecular complexity index is 1580. The lowest BCUT2D eigenvalue weighted by atomic mass is 10.1. The average molecular weight is 511 g/mol. The molecule has 0 saturated heterocycles. The van der Waals surface area contributed by atoms with E-state index in [1.165, 1.54) is 20.2 Å². The highest BCUT2D eigenvalue weighted by molar-refractivity contribution is 7.92. The van der Waals surface area contributed by atoms with Gasteiger partial charge in [0.2, 0.25) is 5.95 Å². The summed E-state index contributed by atoms with van der Waals surface area (Å²) < 4.78 is 73.5. The zero-order valence-electron chi connectivity index (χ0n) is 17.4. The maximum atomic E-state index is 15.3. The highest BCUT2D eigenvalue weighted by atomic mass is 35.5. The van der Waals surface area contributed by atoms with Gasteiger partial charge >= 0.3 is 0 Å². The van der Waals surface area contributed by atoms with E-state index in [1.807, 2.05) is 4.72 Å². The Hall–Kier alpha value is -3.71. The first kappa shape index (κ1) is 23.4. The third-order valence-electron chi connectivity index (χ3n) is 4.84. The zero-order valence-corrected chi connectivity index (χ0v) is 19.0. The molecule has 1 aromatic carbocycles. The number of pyridine rings is 1. The number of fused-ring (bicyclic) bond motifs is 1. The maximum absolute atomic E-state index is 15.3. The lowest BCUT2D eigenvalue weighted by molar-refractivity contribution is 0.0960. The molecule has 0 atom stereocenters. The van der Waals surface area contributed by atoms with Crippen molar-refractivity contribution in [2.45, 2.75) is 11.8 Å². The molecule has 3 aromatic heterocycles. The molecule has 9 nitrogen and oxygen atoms in total. The summed E-state index contributed by atoms with van der Waals surface area (Å²) in [7, 11) is -3.04. The predicted octanol–water partition coefficient (Wildman–Crippen LogP) is 3.33. The van der Waals surface area contributed by atoms with Gasteiger partial charge in [-0.05, 0) is 25.1 Å². The summed E-state index contributed by atoms with van der Waals surface area (Å²) in [5, 5.41) is 2.36. The maximum Gasteiger partial charge on any atom is 0.271 e. The zero-order chi connectivity index (χ0) is 24.8. The second-order valence-corrected chi connectivity index (χ2v) is 9.04. The van der Waals surface area contributed by atoms with E-state index in [2.05, 4.69) is 20.3 Å². The molecule has 0 saturated carbocycles. The minimum atomic E-state index is -4.39. The Balaban J connectivity index is 1.83. The molecule has 34 heavy (non-hydrogen) atoms. The molecule has 0 bridgehead atoms. The number of sulfonamides is 1. The van der Waals surface area contributed by atoms with Gasteiger partial charge in [0.1, 0.15) is 22.7 Å². The summed E-state index contributed by atoms with van der Waals surface area (Å²) >= 11 is 5.82. The first-order chi connectivity index (χ1) is 16.0. The van der Waals surface area contributed by atoms with Crippen LogP contribution in [0.25, 0.3) is 16.8 Å². The van der Waals surface area contributed by atoms with Gasteiger partial charge in [0.25, 0.3) is 15.9 Å². The van der Waals surface area contributed by atoms with Crippen molar-refractivity contribution in [2.75, 3.05) is 11.8 Å². The molecule has 0 spiro atoms. The highest BCUT2D eigenvalue weighted by Gasteiger charge is 2.26. The van der Waals surface area contributed by atoms with E-state index < -0.39 is 50.5 Å². The number of halogens is 4. The van der Waals surface area contributed by atoms with Gasteiger partial charge in [-0.25, -0.2) is 27.2 Å². The fourth-order valence-electron chi connectivity index (χ4n) is 3.20. The van der Waals surface area contributed by atoms with Gasteiger partial charge in [-0.15, -0.1) is 0 Å². The lowest BCUT2D eigenvalue weighted by Crippen LogP contribution is -2.18. The van der Waals surface area contributed by atoms with Crippen LogP contribution in [0.15, 0.2) is 41.8 Å². The van der Waals surface area contributed by atoms with Crippen LogP contribution in [0.4, 0.5) is 18.9 Å². The van der Waals surface area contributed by atoms with Crippen LogP contribution in [0.5, 0.6) is 0 Å². The number of amides is 1. The summed E-state index contributed by atoms with van der Waals surface area (Å²) in [6.07, 6.45) is 3.22. The van der Waals surface area contributed by atoms with E-state index in [0.717, 1.165) is 35.1 Å². The van der Waals surface area contributed by atoms with Crippen molar-refractivity contribution in [3.63, 3.8) is 0 Å². The number of rotatable bonds is 5. The SMILES string of the molecule is CNC(=O)c1ncn2c(F)c(-c3c(F)ccc(NS(=O)(=O)c4cc(Cl)cnc4C)c3F)ncc12. The van der Waals surface area contributed by atoms with E-state index in [4.69, 9.17) is 11.6 Å². The van der Waals surface area contributed by atoms with Gasteiger partial charge in [0.05, 0.1) is 33.7 Å². The minimum Gasteiger partial charge on any atom is -0.354 e. The monoisotopic (exact) mass is 510 g/mol. The van der Waals surface area contributed by atoms with Crippen molar-refractivity contribution < 1.29 is 26.4 Å². The molecule has 0 aliphatic heterocycles. The molecule has 176 valence electrons. The molecule has 0 radical (unpaired) electrons. The number of carbonyl (C=O) groups is 1. The van der Waals surface area contributed by atoms with Crippen LogP contribution in [-0.2, 0) is 10.0 Å². The van der Waals surface area contributed by atoms with Gasteiger partial charge < -0.3 is 5.32 Å². The number of nitrogens with one attached hydrogen (secondary N) is 2. The highest BCUT2D eigenvalue weighted by Crippen LogP contribution is 2.33. The van der Waals surface area contributed by atoms with Crippen LogP contribution >= 0.6 is 11.6 Å². The van der Waals surface area contributed by atoms with Crippen LogP contribution in [0, 0.1) is 24.5 Å². The molecule has 2 N–H and O–H groups in total. The quantitative estimate of drug-likeness (QED) is 0.425. The first-order valence-corrected chi connectivity index (χ1v) is 11.3. The summed E-state index contributed by atoms with van der Waals surface area (Å²) in [6, 6.07) is 2.72. The number of imidazole rings is 1. The Morgan fingerprint density at radius 3 is 2.56 bits per heavy atom. The van der Waals surface area contributed by atoms with Crippen molar-refractivity contribution in [3.05, 3.63) is 70.9 Å². The molecule has 0 fully saturated rings. The minimum absolute atomic E-state index is 0.0299. The molecule has 0 aliphatic rings. The van der Waals surface area contributed by atoms with Crippen LogP contribution in [0.3, 0.4) is 0 Å². The van der Waals surface area contributed by atoms with Gasteiger partial charge in [0, 0.05) is 13.2 Å². The summed E-state index contributed by atoms with van der Waals surface area (Å²) in [4.78, 5) is 23.0. The predicted molar refractivity (Wildman–Crippen MR) is 116 cm³/mol. The molecule has 0 unspecified atom stereocenters. The largest absolute Gasteiger partial charge is 0.354 e. The first-order valence-electron chi connectivity index (χ1n) is 9.42. The Labute approximate surface area is 195 Å². The number of hydrogen-bond acceptors (Lipinski definition) is 6. The van der Waals surface area contributed by atoms with E-state index >= 15 is 8.78 Å². The standard InChI is InChI=1S/C20H14ClF3N6O3S/c1-9-14(5-10(21)6-26-9)34(32,33)29-12-4-3-11(22)15(16(12)23)18-19(24)30-8-28-17(20(31)25-2)13(30)7-27-18/h3-8,29H,1-2H3,(H,25,31).